The lowest BCUT2D eigenvalue weighted by atomic mass is 9.80. The van der Waals surface area contributed by atoms with Gasteiger partial charge in [-0.1, -0.05) is 19.3 Å². The Morgan fingerprint density at radius 2 is 1.80 bits per heavy atom. The highest BCUT2D eigenvalue weighted by Crippen LogP contribution is 2.31. The van der Waals surface area contributed by atoms with E-state index in [1.807, 2.05) is 0 Å². The number of piperidine rings is 1. The molecule has 0 amide bonds. The van der Waals surface area contributed by atoms with Gasteiger partial charge in [-0.05, 0) is 64.7 Å². The van der Waals surface area contributed by atoms with Gasteiger partial charge >= 0.3 is 0 Å². The molecule has 1 spiro atoms. The fourth-order valence-electron chi connectivity index (χ4n) is 4.51. The summed E-state index contributed by atoms with van der Waals surface area (Å²) < 4.78 is 0. The summed E-state index contributed by atoms with van der Waals surface area (Å²) in [5.74, 6) is 0.989. The van der Waals surface area contributed by atoms with E-state index in [1.165, 1.54) is 90.6 Å². The van der Waals surface area contributed by atoms with Crippen molar-refractivity contribution in [3.8, 4) is 0 Å². The molecule has 116 valence electrons. The second-order valence-electron chi connectivity index (χ2n) is 7.58. The largest absolute Gasteiger partial charge is 0.309 e. The minimum absolute atomic E-state index is 0.489. The first kappa shape index (κ1) is 14.8. The van der Waals surface area contributed by atoms with Crippen LogP contribution in [0.2, 0.25) is 0 Å². The molecule has 2 aliphatic heterocycles. The molecule has 0 aromatic rings. The Morgan fingerprint density at radius 3 is 2.55 bits per heavy atom. The Kier molecular flexibility index (Phi) is 5.00. The molecule has 1 aliphatic carbocycles. The van der Waals surface area contributed by atoms with Crippen LogP contribution < -0.4 is 5.32 Å². The Labute approximate surface area is 125 Å². The predicted molar refractivity (Wildman–Crippen MR) is 85.1 cm³/mol. The summed E-state index contributed by atoms with van der Waals surface area (Å²) in [5.41, 5.74) is 0.489. The van der Waals surface area contributed by atoms with E-state index in [4.69, 9.17) is 0 Å². The highest BCUT2D eigenvalue weighted by Gasteiger charge is 2.35. The topological polar surface area (TPSA) is 18.5 Å². The van der Waals surface area contributed by atoms with Gasteiger partial charge in [0.15, 0.2) is 0 Å². The molecule has 0 aromatic carbocycles. The molecule has 1 saturated carbocycles. The van der Waals surface area contributed by atoms with Crippen molar-refractivity contribution >= 4 is 0 Å². The molecule has 2 saturated heterocycles. The van der Waals surface area contributed by atoms with Crippen LogP contribution >= 0.6 is 0 Å². The number of likely N-dealkylation sites (tertiary alicyclic amines) is 1. The maximum atomic E-state index is 3.86. The third-order valence-corrected chi connectivity index (χ3v) is 5.96. The molecule has 0 radical (unpaired) electrons. The van der Waals surface area contributed by atoms with Crippen molar-refractivity contribution in [2.45, 2.75) is 56.9 Å². The van der Waals surface area contributed by atoms with Crippen molar-refractivity contribution in [3.05, 3.63) is 0 Å². The first-order valence-electron chi connectivity index (χ1n) is 8.92. The van der Waals surface area contributed by atoms with E-state index in [-0.39, 0.29) is 0 Å². The maximum Gasteiger partial charge on any atom is 0.0309 e. The summed E-state index contributed by atoms with van der Waals surface area (Å²) in [4.78, 5) is 5.25. The second kappa shape index (κ2) is 6.76. The predicted octanol–water partition coefficient (Wildman–Crippen LogP) is 2.33. The lowest BCUT2D eigenvalue weighted by molar-refractivity contribution is 0.0905. The smallest absolute Gasteiger partial charge is 0.0309 e. The van der Waals surface area contributed by atoms with Gasteiger partial charge in [0.2, 0.25) is 0 Å². The summed E-state index contributed by atoms with van der Waals surface area (Å²) in [7, 11) is 2.26. The van der Waals surface area contributed by atoms with Crippen molar-refractivity contribution in [1.82, 2.24) is 15.1 Å². The molecule has 3 rings (SSSR count). The van der Waals surface area contributed by atoms with E-state index in [0.717, 1.165) is 5.92 Å². The van der Waals surface area contributed by atoms with Gasteiger partial charge in [-0.3, -0.25) is 0 Å². The minimum atomic E-state index is 0.489. The molecule has 1 N–H and O–H groups in total. The van der Waals surface area contributed by atoms with Gasteiger partial charge in [-0.15, -0.1) is 0 Å². The van der Waals surface area contributed by atoms with E-state index in [9.17, 15) is 0 Å². The van der Waals surface area contributed by atoms with Crippen LogP contribution in [0.3, 0.4) is 0 Å². The summed E-state index contributed by atoms with van der Waals surface area (Å²) in [5, 5.41) is 3.86. The van der Waals surface area contributed by atoms with Gasteiger partial charge in [-0.25, -0.2) is 0 Å². The SMILES string of the molecule is CN1CCC(CCN2CCNC3(CCCCC3)C2)CC1. The molecular formula is C17H33N3. The van der Waals surface area contributed by atoms with Crippen LogP contribution in [0.5, 0.6) is 0 Å². The van der Waals surface area contributed by atoms with Gasteiger partial charge in [0.25, 0.3) is 0 Å². The first-order valence-corrected chi connectivity index (χ1v) is 8.92. The summed E-state index contributed by atoms with van der Waals surface area (Å²) in [6, 6.07) is 0. The van der Waals surface area contributed by atoms with Crippen LogP contribution in [0, 0.1) is 5.92 Å². The number of piperazine rings is 1. The summed E-state index contributed by atoms with van der Waals surface area (Å²) in [6.45, 7) is 7.78. The molecule has 0 aromatic heterocycles. The quantitative estimate of drug-likeness (QED) is 0.855. The van der Waals surface area contributed by atoms with Crippen LogP contribution in [0.1, 0.15) is 51.4 Å². The Balaban J connectivity index is 1.43. The van der Waals surface area contributed by atoms with Gasteiger partial charge in [-0.2, -0.15) is 0 Å². The van der Waals surface area contributed by atoms with Crippen LogP contribution in [0.15, 0.2) is 0 Å². The highest BCUT2D eigenvalue weighted by atomic mass is 15.2. The van der Waals surface area contributed by atoms with E-state index >= 15 is 0 Å². The molecule has 3 heteroatoms. The van der Waals surface area contributed by atoms with Crippen molar-refractivity contribution in [2.75, 3.05) is 46.3 Å². The zero-order valence-electron chi connectivity index (χ0n) is 13.4. The molecular weight excluding hydrogens is 246 g/mol. The summed E-state index contributed by atoms with van der Waals surface area (Å²) >= 11 is 0. The molecule has 0 bridgehead atoms. The molecule has 0 atom stereocenters. The lowest BCUT2D eigenvalue weighted by Gasteiger charge is -2.46. The third-order valence-electron chi connectivity index (χ3n) is 5.96. The van der Waals surface area contributed by atoms with E-state index in [2.05, 4.69) is 22.2 Å². The van der Waals surface area contributed by atoms with E-state index in [1.54, 1.807) is 0 Å². The molecule has 2 heterocycles. The Morgan fingerprint density at radius 1 is 1.05 bits per heavy atom. The van der Waals surface area contributed by atoms with Crippen LogP contribution in [0.25, 0.3) is 0 Å². The second-order valence-corrected chi connectivity index (χ2v) is 7.58. The fourth-order valence-corrected chi connectivity index (χ4v) is 4.51. The Bertz CT molecular complexity index is 285. The van der Waals surface area contributed by atoms with Crippen molar-refractivity contribution < 1.29 is 0 Å². The average molecular weight is 279 g/mol. The van der Waals surface area contributed by atoms with Crippen LogP contribution in [0.4, 0.5) is 0 Å². The van der Waals surface area contributed by atoms with E-state index < -0.39 is 0 Å². The molecule has 3 aliphatic rings. The standard InChI is InChI=1S/C17H33N3/c1-19-11-5-16(6-12-19)7-13-20-14-10-18-17(15-20)8-3-2-4-9-17/h16,18H,2-15H2,1H3. The normalized spacial score (nSPS) is 29.9. The Hall–Kier alpha value is -0.120. The van der Waals surface area contributed by atoms with Crippen molar-refractivity contribution in [3.63, 3.8) is 0 Å². The molecule has 3 fully saturated rings. The molecule has 20 heavy (non-hydrogen) atoms. The average Bonchev–Trinajstić information content (AvgIpc) is 2.48. The zero-order chi connectivity index (χ0) is 13.8. The third kappa shape index (κ3) is 3.75. The number of rotatable bonds is 3. The number of hydrogen-bond donors (Lipinski definition) is 1. The minimum Gasteiger partial charge on any atom is -0.309 e. The van der Waals surface area contributed by atoms with Gasteiger partial charge in [0, 0.05) is 25.2 Å². The maximum absolute atomic E-state index is 3.86. The number of nitrogens with one attached hydrogen (secondary N) is 1. The van der Waals surface area contributed by atoms with Gasteiger partial charge in [0.1, 0.15) is 0 Å². The van der Waals surface area contributed by atoms with Gasteiger partial charge < -0.3 is 15.1 Å². The first-order chi connectivity index (χ1) is 9.76. The highest BCUT2D eigenvalue weighted by molar-refractivity contribution is 4.96. The van der Waals surface area contributed by atoms with Crippen molar-refractivity contribution in [1.29, 1.82) is 0 Å². The molecule has 0 unspecified atom stereocenters. The summed E-state index contributed by atoms with van der Waals surface area (Å²) in [6.07, 6.45) is 11.4. The lowest BCUT2D eigenvalue weighted by Crippen LogP contribution is -2.61. The number of hydrogen-bond acceptors (Lipinski definition) is 3. The van der Waals surface area contributed by atoms with E-state index in [0.29, 0.717) is 5.54 Å². The van der Waals surface area contributed by atoms with Crippen molar-refractivity contribution in [2.24, 2.45) is 5.92 Å². The monoisotopic (exact) mass is 279 g/mol. The van der Waals surface area contributed by atoms with Crippen LogP contribution in [-0.4, -0.2) is 61.7 Å². The fraction of sp³-hybridized carbons (Fsp3) is 1.00. The van der Waals surface area contributed by atoms with Gasteiger partial charge in [0.05, 0.1) is 0 Å². The van der Waals surface area contributed by atoms with Crippen LogP contribution in [-0.2, 0) is 0 Å². The zero-order valence-corrected chi connectivity index (χ0v) is 13.4. The molecule has 3 nitrogen and oxygen atoms in total. The number of nitrogens with zero attached hydrogens (tertiary/aromatic N) is 2.